The normalized spacial score (nSPS) is 14.2. The lowest BCUT2D eigenvalue weighted by Crippen LogP contribution is -2.46. The summed E-state index contributed by atoms with van der Waals surface area (Å²) in [5, 5.41) is 3.24. The van der Waals surface area contributed by atoms with Gasteiger partial charge in [-0.25, -0.2) is 0 Å². The average Bonchev–Trinajstić information content (AvgIpc) is 2.69. The molecule has 25 heavy (non-hydrogen) atoms. The summed E-state index contributed by atoms with van der Waals surface area (Å²) < 4.78 is 11.4. The van der Waals surface area contributed by atoms with E-state index < -0.39 is 0 Å². The molecule has 0 radical (unpaired) electrons. The zero-order valence-electron chi connectivity index (χ0n) is 14.3. The minimum Gasteiger partial charge on any atom is -0.493 e. The minimum absolute atomic E-state index is 0.157. The van der Waals surface area contributed by atoms with Crippen LogP contribution in [0.1, 0.15) is 12.0 Å². The number of piperazine rings is 1. The van der Waals surface area contributed by atoms with Gasteiger partial charge in [0.25, 0.3) is 0 Å². The van der Waals surface area contributed by atoms with Gasteiger partial charge in [-0.1, -0.05) is 30.3 Å². The van der Waals surface area contributed by atoms with E-state index in [-0.39, 0.29) is 5.91 Å². The van der Waals surface area contributed by atoms with E-state index in [0.29, 0.717) is 19.6 Å². The van der Waals surface area contributed by atoms with Crippen molar-refractivity contribution in [2.75, 3.05) is 32.8 Å². The molecule has 5 nitrogen and oxygen atoms in total. The third-order valence-corrected chi connectivity index (χ3v) is 4.13. The number of nitrogens with zero attached hydrogens (tertiary/aromatic N) is 1. The average molecular weight is 340 g/mol. The summed E-state index contributed by atoms with van der Waals surface area (Å²) in [6.45, 7) is 4.25. The Morgan fingerprint density at radius 3 is 2.24 bits per heavy atom. The first kappa shape index (κ1) is 17.3. The van der Waals surface area contributed by atoms with Gasteiger partial charge in [0, 0.05) is 26.2 Å². The highest BCUT2D eigenvalue weighted by atomic mass is 16.5. The van der Waals surface area contributed by atoms with Gasteiger partial charge in [0.1, 0.15) is 18.1 Å². The highest BCUT2D eigenvalue weighted by Gasteiger charge is 2.15. The van der Waals surface area contributed by atoms with E-state index in [2.05, 4.69) is 5.32 Å². The van der Waals surface area contributed by atoms with Crippen LogP contribution in [0.5, 0.6) is 11.5 Å². The topological polar surface area (TPSA) is 50.8 Å². The van der Waals surface area contributed by atoms with E-state index in [1.807, 2.05) is 59.5 Å². The number of benzene rings is 2. The summed E-state index contributed by atoms with van der Waals surface area (Å²) in [5.41, 5.74) is 1.13. The van der Waals surface area contributed by atoms with Crippen molar-refractivity contribution < 1.29 is 14.3 Å². The van der Waals surface area contributed by atoms with Crippen LogP contribution in [-0.4, -0.2) is 43.6 Å². The maximum atomic E-state index is 12.1. The van der Waals surface area contributed by atoms with Crippen LogP contribution in [0.15, 0.2) is 54.6 Å². The van der Waals surface area contributed by atoms with Gasteiger partial charge in [-0.05, 0) is 29.8 Å². The molecule has 1 N–H and O–H groups in total. The van der Waals surface area contributed by atoms with Crippen molar-refractivity contribution in [1.82, 2.24) is 10.2 Å². The van der Waals surface area contributed by atoms with E-state index in [1.165, 1.54) is 0 Å². The Hall–Kier alpha value is -2.53. The van der Waals surface area contributed by atoms with Gasteiger partial charge >= 0.3 is 0 Å². The maximum Gasteiger partial charge on any atom is 0.226 e. The van der Waals surface area contributed by atoms with E-state index in [0.717, 1.165) is 43.2 Å². The Bertz CT molecular complexity index is 652. The Morgan fingerprint density at radius 2 is 1.56 bits per heavy atom. The maximum absolute atomic E-state index is 12.1. The zero-order valence-corrected chi connectivity index (χ0v) is 14.3. The van der Waals surface area contributed by atoms with Gasteiger partial charge in [-0.15, -0.1) is 0 Å². The van der Waals surface area contributed by atoms with E-state index in [1.54, 1.807) is 0 Å². The predicted octanol–water partition coefficient (Wildman–Crippen LogP) is 2.47. The molecule has 3 rings (SSSR count). The molecule has 0 spiro atoms. The van der Waals surface area contributed by atoms with E-state index in [4.69, 9.17) is 9.47 Å². The number of hydrogen-bond donors (Lipinski definition) is 1. The third-order valence-electron chi connectivity index (χ3n) is 4.13. The molecule has 0 aromatic heterocycles. The molecule has 1 fully saturated rings. The van der Waals surface area contributed by atoms with Crippen LogP contribution >= 0.6 is 0 Å². The summed E-state index contributed by atoms with van der Waals surface area (Å²) in [6, 6.07) is 17.6. The molecule has 1 aliphatic rings. The van der Waals surface area contributed by atoms with Gasteiger partial charge in [-0.3, -0.25) is 4.79 Å². The second kappa shape index (κ2) is 9.08. The summed E-state index contributed by atoms with van der Waals surface area (Å²) in [4.78, 5) is 13.9. The quantitative estimate of drug-likeness (QED) is 0.841. The lowest BCUT2D eigenvalue weighted by Gasteiger charge is -2.27. The molecule has 1 saturated heterocycles. The van der Waals surface area contributed by atoms with Gasteiger partial charge in [-0.2, -0.15) is 0 Å². The van der Waals surface area contributed by atoms with E-state index in [9.17, 15) is 4.79 Å². The van der Waals surface area contributed by atoms with Gasteiger partial charge in [0.2, 0.25) is 5.91 Å². The fraction of sp³-hybridized carbons (Fsp3) is 0.350. The number of carbonyl (C=O) groups excluding carboxylic acids is 1. The Kier molecular flexibility index (Phi) is 6.29. The highest BCUT2D eigenvalue weighted by Crippen LogP contribution is 2.19. The number of carbonyl (C=O) groups is 1. The Balaban J connectivity index is 1.39. The first-order chi connectivity index (χ1) is 12.3. The van der Waals surface area contributed by atoms with Gasteiger partial charge < -0.3 is 19.7 Å². The number of hydrogen-bond acceptors (Lipinski definition) is 4. The van der Waals surface area contributed by atoms with Crippen molar-refractivity contribution in [2.45, 2.75) is 13.0 Å². The molecule has 0 saturated carbocycles. The van der Waals surface area contributed by atoms with Gasteiger partial charge in [0.15, 0.2) is 0 Å². The van der Waals surface area contributed by atoms with Crippen LogP contribution < -0.4 is 14.8 Å². The molecule has 2 aromatic rings. The second-order valence-electron chi connectivity index (χ2n) is 5.97. The smallest absolute Gasteiger partial charge is 0.226 e. The summed E-state index contributed by atoms with van der Waals surface area (Å²) >= 11 is 0. The molecule has 0 atom stereocenters. The van der Waals surface area contributed by atoms with Crippen molar-refractivity contribution in [3.8, 4) is 11.5 Å². The zero-order chi connectivity index (χ0) is 17.3. The van der Waals surface area contributed by atoms with E-state index >= 15 is 0 Å². The number of nitrogens with one attached hydrogen (secondary N) is 1. The molecule has 132 valence electrons. The fourth-order valence-corrected chi connectivity index (χ4v) is 2.70. The molecule has 0 bridgehead atoms. The SMILES string of the molecule is O=C(CCOc1ccc(OCc2ccccc2)cc1)N1CCNCC1. The van der Waals surface area contributed by atoms with Crippen molar-refractivity contribution in [3.63, 3.8) is 0 Å². The minimum atomic E-state index is 0.157. The number of ether oxygens (including phenoxy) is 2. The largest absolute Gasteiger partial charge is 0.493 e. The fourth-order valence-electron chi connectivity index (χ4n) is 2.70. The van der Waals surface area contributed by atoms with Crippen LogP contribution in [0.4, 0.5) is 0 Å². The Morgan fingerprint density at radius 1 is 0.920 bits per heavy atom. The first-order valence-corrected chi connectivity index (χ1v) is 8.69. The van der Waals surface area contributed by atoms with Crippen molar-refractivity contribution in [2.24, 2.45) is 0 Å². The van der Waals surface area contributed by atoms with Crippen molar-refractivity contribution in [1.29, 1.82) is 0 Å². The first-order valence-electron chi connectivity index (χ1n) is 8.69. The lowest BCUT2D eigenvalue weighted by molar-refractivity contribution is -0.132. The van der Waals surface area contributed by atoms with Crippen LogP contribution in [0.25, 0.3) is 0 Å². The van der Waals surface area contributed by atoms with Crippen LogP contribution in [0.2, 0.25) is 0 Å². The summed E-state index contributed by atoms with van der Waals surface area (Å²) in [5.74, 6) is 1.71. The van der Waals surface area contributed by atoms with Crippen LogP contribution in [0, 0.1) is 0 Å². The lowest BCUT2D eigenvalue weighted by atomic mass is 10.2. The predicted molar refractivity (Wildman–Crippen MR) is 96.8 cm³/mol. The van der Waals surface area contributed by atoms with Crippen LogP contribution in [-0.2, 0) is 11.4 Å². The molecular weight excluding hydrogens is 316 g/mol. The second-order valence-corrected chi connectivity index (χ2v) is 5.97. The molecule has 5 heteroatoms. The third kappa shape index (κ3) is 5.50. The summed E-state index contributed by atoms with van der Waals surface area (Å²) in [6.07, 6.45) is 0.409. The number of amides is 1. The molecule has 0 unspecified atom stereocenters. The monoisotopic (exact) mass is 340 g/mol. The Labute approximate surface area is 148 Å². The molecule has 1 amide bonds. The standard InChI is InChI=1S/C20H24N2O3/c23-20(22-13-11-21-12-14-22)10-15-24-18-6-8-19(9-7-18)25-16-17-4-2-1-3-5-17/h1-9,21H,10-16H2. The molecule has 0 aliphatic carbocycles. The number of rotatable bonds is 7. The molecule has 1 heterocycles. The van der Waals surface area contributed by atoms with Gasteiger partial charge in [0.05, 0.1) is 13.0 Å². The summed E-state index contributed by atoms with van der Waals surface area (Å²) in [7, 11) is 0. The van der Waals surface area contributed by atoms with Crippen LogP contribution in [0.3, 0.4) is 0 Å². The molecule has 1 aliphatic heterocycles. The van der Waals surface area contributed by atoms with Crippen molar-refractivity contribution in [3.05, 3.63) is 60.2 Å². The molecule has 2 aromatic carbocycles. The highest BCUT2D eigenvalue weighted by molar-refractivity contribution is 5.76. The van der Waals surface area contributed by atoms with Crippen molar-refractivity contribution >= 4 is 5.91 Å². The molecular formula is C20H24N2O3.